The van der Waals surface area contributed by atoms with Crippen LogP contribution >= 0.6 is 0 Å². The molecule has 2 heterocycles. The summed E-state index contributed by atoms with van der Waals surface area (Å²) < 4.78 is 23.2. The van der Waals surface area contributed by atoms with Gasteiger partial charge in [-0.1, -0.05) is 0 Å². The first-order valence-corrected chi connectivity index (χ1v) is 7.40. The fourth-order valence-electron chi connectivity index (χ4n) is 1.94. The van der Waals surface area contributed by atoms with Crippen LogP contribution in [0.5, 0.6) is 0 Å². The number of carbonyl (C=O) groups is 2. The monoisotopic (exact) mass is 347 g/mol. The minimum Gasteiger partial charge on any atom is -0.464 e. The lowest BCUT2D eigenvalue weighted by Gasteiger charge is -2.20. The highest BCUT2D eigenvalue weighted by atomic mass is 19.1. The topological polar surface area (TPSA) is 90.4 Å². The molecule has 0 unspecified atom stereocenters. The number of ether oxygens (including phenoxy) is 2. The summed E-state index contributed by atoms with van der Waals surface area (Å²) in [6.45, 7) is 5.14. The number of amides is 1. The Bertz CT molecular complexity index is 803. The van der Waals surface area contributed by atoms with E-state index < -0.39 is 23.5 Å². The normalized spacial score (nSPS) is 10.9. The standard InChI is InChI=1S/C17H18FN3O4/c1-17(2,3)25-16(23)21-13-6-5-12(20-14(13)15(22)24-4)10-7-11(18)9-19-8-10/h5-9H,1-4H3,(H,21,23). The van der Waals surface area contributed by atoms with Crippen molar-refractivity contribution in [1.82, 2.24) is 9.97 Å². The van der Waals surface area contributed by atoms with Gasteiger partial charge in [-0.2, -0.15) is 0 Å². The van der Waals surface area contributed by atoms with Crippen molar-refractivity contribution in [2.75, 3.05) is 12.4 Å². The minimum atomic E-state index is -0.753. The molecule has 132 valence electrons. The molecule has 25 heavy (non-hydrogen) atoms. The van der Waals surface area contributed by atoms with Gasteiger partial charge < -0.3 is 9.47 Å². The fourth-order valence-corrected chi connectivity index (χ4v) is 1.94. The smallest absolute Gasteiger partial charge is 0.412 e. The van der Waals surface area contributed by atoms with Crippen molar-refractivity contribution < 1.29 is 23.5 Å². The van der Waals surface area contributed by atoms with Crippen LogP contribution in [0.15, 0.2) is 30.6 Å². The van der Waals surface area contributed by atoms with Gasteiger partial charge in [-0.05, 0) is 39.0 Å². The predicted molar refractivity (Wildman–Crippen MR) is 88.6 cm³/mol. The van der Waals surface area contributed by atoms with Crippen LogP contribution in [0.4, 0.5) is 14.9 Å². The molecule has 0 aromatic carbocycles. The molecule has 2 rings (SSSR count). The molecule has 0 saturated carbocycles. The first-order chi connectivity index (χ1) is 11.7. The van der Waals surface area contributed by atoms with Crippen molar-refractivity contribution in [3.8, 4) is 11.3 Å². The molecule has 0 atom stereocenters. The van der Waals surface area contributed by atoms with Gasteiger partial charge >= 0.3 is 12.1 Å². The molecule has 7 nitrogen and oxygen atoms in total. The summed E-state index contributed by atoms with van der Waals surface area (Å²) in [6.07, 6.45) is 1.73. The number of esters is 1. The van der Waals surface area contributed by atoms with Crippen LogP contribution in [-0.4, -0.2) is 34.7 Å². The molecule has 8 heteroatoms. The molecule has 0 aliphatic carbocycles. The predicted octanol–water partition coefficient (Wildman–Crippen LogP) is 3.42. The lowest BCUT2D eigenvalue weighted by Crippen LogP contribution is -2.28. The lowest BCUT2D eigenvalue weighted by molar-refractivity contribution is 0.0595. The number of hydrogen-bond acceptors (Lipinski definition) is 6. The van der Waals surface area contributed by atoms with Gasteiger partial charge in [-0.15, -0.1) is 0 Å². The zero-order chi connectivity index (χ0) is 18.6. The molecule has 1 amide bonds. The summed E-state index contributed by atoms with van der Waals surface area (Å²) in [5.41, 5.74) is -0.0173. The molecular formula is C17H18FN3O4. The van der Waals surface area contributed by atoms with E-state index in [4.69, 9.17) is 9.47 Å². The average molecular weight is 347 g/mol. The van der Waals surface area contributed by atoms with Gasteiger partial charge in [0.15, 0.2) is 5.69 Å². The molecule has 1 N–H and O–H groups in total. The Labute approximate surface area is 144 Å². The van der Waals surface area contributed by atoms with Crippen molar-refractivity contribution in [1.29, 1.82) is 0 Å². The number of rotatable bonds is 3. The Morgan fingerprint density at radius 3 is 2.52 bits per heavy atom. The van der Waals surface area contributed by atoms with Crippen molar-refractivity contribution in [2.24, 2.45) is 0 Å². The Morgan fingerprint density at radius 2 is 1.92 bits per heavy atom. The molecule has 0 spiro atoms. The zero-order valence-electron chi connectivity index (χ0n) is 14.3. The number of aromatic nitrogens is 2. The highest BCUT2D eigenvalue weighted by molar-refractivity contribution is 5.98. The Balaban J connectivity index is 2.37. The SMILES string of the molecule is COC(=O)c1nc(-c2cncc(F)c2)ccc1NC(=O)OC(C)(C)C. The third kappa shape index (κ3) is 4.97. The highest BCUT2D eigenvalue weighted by Crippen LogP contribution is 2.23. The molecule has 0 aliphatic heterocycles. The van der Waals surface area contributed by atoms with Crippen LogP contribution in [0.25, 0.3) is 11.3 Å². The van der Waals surface area contributed by atoms with E-state index in [9.17, 15) is 14.0 Å². The third-order valence-corrected chi connectivity index (χ3v) is 2.91. The first-order valence-electron chi connectivity index (χ1n) is 7.40. The average Bonchev–Trinajstić information content (AvgIpc) is 2.52. The van der Waals surface area contributed by atoms with E-state index in [1.807, 2.05) is 0 Å². The number of methoxy groups -OCH3 is 1. The van der Waals surface area contributed by atoms with Gasteiger partial charge in [-0.25, -0.2) is 19.0 Å². The van der Waals surface area contributed by atoms with Crippen molar-refractivity contribution >= 4 is 17.7 Å². The minimum absolute atomic E-state index is 0.120. The molecule has 0 radical (unpaired) electrons. The van der Waals surface area contributed by atoms with Gasteiger partial charge in [0.1, 0.15) is 11.4 Å². The second-order valence-corrected chi connectivity index (χ2v) is 6.10. The first kappa shape index (κ1) is 18.3. The fraction of sp³-hybridized carbons (Fsp3) is 0.294. The summed E-state index contributed by atoms with van der Waals surface area (Å²) in [7, 11) is 1.19. The number of nitrogens with zero attached hydrogens (tertiary/aromatic N) is 2. The lowest BCUT2D eigenvalue weighted by atomic mass is 10.1. The maximum atomic E-state index is 13.3. The van der Waals surface area contributed by atoms with Crippen molar-refractivity contribution in [3.63, 3.8) is 0 Å². The van der Waals surface area contributed by atoms with Gasteiger partial charge in [0.05, 0.1) is 24.7 Å². The van der Waals surface area contributed by atoms with E-state index >= 15 is 0 Å². The van der Waals surface area contributed by atoms with E-state index in [0.29, 0.717) is 11.3 Å². The van der Waals surface area contributed by atoms with Crippen molar-refractivity contribution in [3.05, 3.63) is 42.1 Å². The number of nitrogens with one attached hydrogen (secondary N) is 1. The number of hydrogen-bond donors (Lipinski definition) is 1. The van der Waals surface area contributed by atoms with Crippen LogP contribution in [0.1, 0.15) is 31.3 Å². The molecular weight excluding hydrogens is 329 g/mol. The van der Waals surface area contributed by atoms with E-state index in [2.05, 4.69) is 15.3 Å². The molecule has 0 saturated heterocycles. The quantitative estimate of drug-likeness (QED) is 0.856. The number of carbonyl (C=O) groups excluding carboxylic acids is 2. The van der Waals surface area contributed by atoms with Crippen molar-refractivity contribution in [2.45, 2.75) is 26.4 Å². The molecule has 2 aromatic rings. The maximum Gasteiger partial charge on any atom is 0.412 e. The van der Waals surface area contributed by atoms with Gasteiger partial charge in [-0.3, -0.25) is 10.3 Å². The van der Waals surface area contributed by atoms with Crippen LogP contribution < -0.4 is 5.32 Å². The summed E-state index contributed by atoms with van der Waals surface area (Å²) in [4.78, 5) is 31.8. The molecule has 0 fully saturated rings. The summed E-state index contributed by atoms with van der Waals surface area (Å²) in [5, 5.41) is 2.46. The van der Waals surface area contributed by atoms with Crippen LogP contribution in [-0.2, 0) is 9.47 Å². The van der Waals surface area contributed by atoms with Crippen LogP contribution in [0, 0.1) is 5.82 Å². The van der Waals surface area contributed by atoms with Gasteiger partial charge in [0, 0.05) is 11.8 Å². The maximum absolute atomic E-state index is 13.3. The summed E-state index contributed by atoms with van der Waals surface area (Å²) in [6, 6.07) is 4.22. The Morgan fingerprint density at radius 1 is 1.20 bits per heavy atom. The zero-order valence-corrected chi connectivity index (χ0v) is 14.3. The largest absolute Gasteiger partial charge is 0.464 e. The highest BCUT2D eigenvalue weighted by Gasteiger charge is 2.21. The van der Waals surface area contributed by atoms with Gasteiger partial charge in [0.2, 0.25) is 0 Å². The molecule has 0 bridgehead atoms. The second-order valence-electron chi connectivity index (χ2n) is 6.10. The van der Waals surface area contributed by atoms with Gasteiger partial charge in [0.25, 0.3) is 0 Å². The van der Waals surface area contributed by atoms with E-state index in [1.165, 1.54) is 31.5 Å². The third-order valence-electron chi connectivity index (χ3n) is 2.91. The number of halogens is 1. The summed E-state index contributed by atoms with van der Waals surface area (Å²) >= 11 is 0. The number of anilines is 1. The van der Waals surface area contributed by atoms with E-state index in [1.54, 1.807) is 20.8 Å². The molecule has 2 aromatic heterocycles. The summed E-state index contributed by atoms with van der Waals surface area (Å²) in [5.74, 6) is -1.29. The second kappa shape index (κ2) is 7.25. The van der Waals surface area contributed by atoms with E-state index in [0.717, 1.165) is 6.20 Å². The van der Waals surface area contributed by atoms with Crippen LogP contribution in [0.3, 0.4) is 0 Å². The Hall–Kier alpha value is -3.03. The molecule has 0 aliphatic rings. The number of pyridine rings is 2. The Kier molecular flexibility index (Phi) is 5.31. The van der Waals surface area contributed by atoms with Crippen LogP contribution in [0.2, 0.25) is 0 Å². The van der Waals surface area contributed by atoms with E-state index in [-0.39, 0.29) is 11.4 Å².